The van der Waals surface area contributed by atoms with E-state index >= 15 is 0 Å². The molecule has 2 aromatic carbocycles. The molecule has 0 aliphatic heterocycles. The lowest BCUT2D eigenvalue weighted by atomic mass is 9.84. The van der Waals surface area contributed by atoms with Gasteiger partial charge in [-0.05, 0) is 23.3 Å². The van der Waals surface area contributed by atoms with Crippen LogP contribution >= 0.6 is 23.5 Å². The van der Waals surface area contributed by atoms with Gasteiger partial charge < -0.3 is 0 Å². The molecule has 2 rings (SSSR count). The molecule has 0 nitrogen and oxygen atoms in total. The second-order valence-corrected chi connectivity index (χ2v) is 8.75. The first-order valence-electron chi connectivity index (χ1n) is 9.32. The summed E-state index contributed by atoms with van der Waals surface area (Å²) in [4.78, 5) is 0. The van der Waals surface area contributed by atoms with Crippen molar-refractivity contribution in [2.45, 2.75) is 55.2 Å². The third kappa shape index (κ3) is 8.42. The first-order chi connectivity index (χ1) is 12.3. The minimum absolute atomic E-state index is 0.263. The Morgan fingerprint density at radius 1 is 0.840 bits per heavy atom. The normalized spacial score (nSPS) is 13.5. The predicted molar refractivity (Wildman–Crippen MR) is 118 cm³/mol. The molecule has 0 aliphatic rings. The summed E-state index contributed by atoms with van der Waals surface area (Å²) in [5.41, 5.74) is 2.79. The molecule has 0 heterocycles. The molecule has 2 aromatic rings. The largest absolute Gasteiger partial charge is 0.158 e. The van der Waals surface area contributed by atoms with Gasteiger partial charge in [0.2, 0.25) is 0 Å². The molecule has 25 heavy (non-hydrogen) atoms. The summed E-state index contributed by atoms with van der Waals surface area (Å²) < 4.78 is 0. The SMILES string of the molecule is [B]C(CSCc1ccccc1)C(CCCCC)SCc1ccccc1. The Morgan fingerprint density at radius 3 is 2.04 bits per heavy atom. The van der Waals surface area contributed by atoms with Gasteiger partial charge in [-0.15, -0.1) is 0 Å². The van der Waals surface area contributed by atoms with E-state index in [1.165, 1.54) is 36.8 Å². The predicted octanol–water partition coefficient (Wildman–Crippen LogP) is 6.76. The maximum Gasteiger partial charge on any atom is 0.0725 e. The van der Waals surface area contributed by atoms with Crippen molar-refractivity contribution in [3.8, 4) is 0 Å². The van der Waals surface area contributed by atoms with Gasteiger partial charge in [0.05, 0.1) is 7.85 Å². The second-order valence-electron chi connectivity index (χ2n) is 6.50. The Hall–Kier alpha value is -0.795. The molecule has 132 valence electrons. The van der Waals surface area contributed by atoms with E-state index in [0.29, 0.717) is 5.25 Å². The van der Waals surface area contributed by atoms with Crippen LogP contribution in [0.25, 0.3) is 0 Å². The first kappa shape index (κ1) is 20.5. The van der Waals surface area contributed by atoms with Crippen LogP contribution in [0.4, 0.5) is 0 Å². The number of unbranched alkanes of at least 4 members (excludes halogenated alkanes) is 2. The average Bonchev–Trinajstić information content (AvgIpc) is 2.66. The van der Waals surface area contributed by atoms with Gasteiger partial charge in [-0.1, -0.05) is 92.7 Å². The van der Waals surface area contributed by atoms with Gasteiger partial charge in [0.15, 0.2) is 0 Å². The molecular weight excluding hydrogens is 339 g/mol. The quantitative estimate of drug-likeness (QED) is 0.300. The molecule has 2 unspecified atom stereocenters. The fraction of sp³-hybridized carbons (Fsp3) is 0.455. The van der Waals surface area contributed by atoms with E-state index in [-0.39, 0.29) is 5.82 Å². The van der Waals surface area contributed by atoms with Gasteiger partial charge in [-0.2, -0.15) is 23.5 Å². The van der Waals surface area contributed by atoms with E-state index in [4.69, 9.17) is 7.85 Å². The Labute approximate surface area is 164 Å². The molecule has 0 bridgehead atoms. The Kier molecular flexibility index (Phi) is 10.3. The van der Waals surface area contributed by atoms with Crippen molar-refractivity contribution in [1.82, 2.24) is 0 Å². The van der Waals surface area contributed by atoms with Crippen molar-refractivity contribution < 1.29 is 0 Å². The van der Waals surface area contributed by atoms with Gasteiger partial charge in [-0.25, -0.2) is 0 Å². The highest BCUT2D eigenvalue weighted by molar-refractivity contribution is 7.99. The summed E-state index contributed by atoms with van der Waals surface area (Å²) in [6.07, 6.45) is 5.11. The summed E-state index contributed by atoms with van der Waals surface area (Å²) in [5.74, 6) is 3.42. The van der Waals surface area contributed by atoms with Crippen LogP contribution < -0.4 is 0 Å². The highest BCUT2D eigenvalue weighted by Crippen LogP contribution is 2.32. The summed E-state index contributed by atoms with van der Waals surface area (Å²) in [6.45, 7) is 2.27. The Bertz CT molecular complexity index is 559. The zero-order valence-corrected chi connectivity index (χ0v) is 16.9. The van der Waals surface area contributed by atoms with E-state index in [9.17, 15) is 0 Å². The summed E-state index contributed by atoms with van der Waals surface area (Å²) in [5, 5.41) is 0.551. The summed E-state index contributed by atoms with van der Waals surface area (Å²) in [6, 6.07) is 21.4. The van der Waals surface area contributed by atoms with Crippen LogP contribution in [0.3, 0.4) is 0 Å². The van der Waals surface area contributed by atoms with Crippen molar-refractivity contribution in [3.05, 3.63) is 71.8 Å². The zero-order chi connectivity index (χ0) is 17.7. The first-order valence-corrected chi connectivity index (χ1v) is 11.5. The van der Waals surface area contributed by atoms with Crippen molar-refractivity contribution >= 4 is 31.4 Å². The number of thioether (sulfide) groups is 2. The van der Waals surface area contributed by atoms with Crippen molar-refractivity contribution in [1.29, 1.82) is 0 Å². The second kappa shape index (κ2) is 12.5. The molecular formula is C22H29BS2. The van der Waals surface area contributed by atoms with Crippen LogP contribution in [0.5, 0.6) is 0 Å². The molecule has 0 fully saturated rings. The van der Waals surface area contributed by atoms with Crippen molar-refractivity contribution in [2.75, 3.05) is 5.75 Å². The fourth-order valence-corrected chi connectivity index (χ4v) is 5.24. The highest BCUT2D eigenvalue weighted by atomic mass is 32.2. The molecule has 0 spiro atoms. The number of hydrogen-bond donors (Lipinski definition) is 0. The van der Waals surface area contributed by atoms with Crippen LogP contribution in [0.2, 0.25) is 5.82 Å². The smallest absolute Gasteiger partial charge is 0.0725 e. The maximum absolute atomic E-state index is 6.59. The molecule has 0 saturated carbocycles. The topological polar surface area (TPSA) is 0 Å². The summed E-state index contributed by atoms with van der Waals surface area (Å²) >= 11 is 4.01. The van der Waals surface area contributed by atoms with Crippen LogP contribution in [-0.4, -0.2) is 18.8 Å². The summed E-state index contributed by atoms with van der Waals surface area (Å²) in [7, 11) is 6.59. The highest BCUT2D eigenvalue weighted by Gasteiger charge is 2.17. The molecule has 0 N–H and O–H groups in total. The van der Waals surface area contributed by atoms with Gasteiger partial charge in [0.1, 0.15) is 0 Å². The lowest BCUT2D eigenvalue weighted by molar-refractivity contribution is 0.637. The van der Waals surface area contributed by atoms with Crippen LogP contribution in [0, 0.1) is 0 Å². The van der Waals surface area contributed by atoms with Gasteiger partial charge in [0.25, 0.3) is 0 Å². The third-order valence-electron chi connectivity index (χ3n) is 4.30. The van der Waals surface area contributed by atoms with Crippen LogP contribution in [0.15, 0.2) is 60.7 Å². The van der Waals surface area contributed by atoms with Gasteiger partial charge >= 0.3 is 0 Å². The van der Waals surface area contributed by atoms with E-state index in [1.54, 1.807) is 0 Å². The Morgan fingerprint density at radius 2 is 1.44 bits per heavy atom. The van der Waals surface area contributed by atoms with Gasteiger partial charge in [-0.3, -0.25) is 0 Å². The number of benzene rings is 2. The number of hydrogen-bond acceptors (Lipinski definition) is 2. The third-order valence-corrected chi connectivity index (χ3v) is 6.97. The standard InChI is InChI=1S/C22H29BS2/c1-2-3-6-15-22(25-17-20-13-9-5-10-14-20)21(23)18-24-16-19-11-7-4-8-12-19/h4-5,7-14,21-22H,2-3,6,15-18H2,1H3. The van der Waals surface area contributed by atoms with E-state index in [2.05, 4.69) is 67.6 Å². The average molecular weight is 368 g/mol. The molecule has 3 heteroatoms. The van der Waals surface area contributed by atoms with Crippen molar-refractivity contribution in [3.63, 3.8) is 0 Å². The minimum atomic E-state index is 0.263. The molecule has 2 atom stereocenters. The molecule has 0 saturated heterocycles. The van der Waals surface area contributed by atoms with E-state index in [0.717, 1.165) is 17.3 Å². The Balaban J connectivity index is 1.80. The van der Waals surface area contributed by atoms with E-state index in [1.807, 2.05) is 23.5 Å². The minimum Gasteiger partial charge on any atom is -0.158 e. The van der Waals surface area contributed by atoms with Crippen LogP contribution in [0.1, 0.15) is 43.7 Å². The van der Waals surface area contributed by atoms with Gasteiger partial charge in [0, 0.05) is 16.8 Å². The van der Waals surface area contributed by atoms with Crippen LogP contribution in [-0.2, 0) is 11.5 Å². The number of rotatable bonds is 12. The lowest BCUT2D eigenvalue weighted by Crippen LogP contribution is -2.15. The molecule has 2 radical (unpaired) electrons. The van der Waals surface area contributed by atoms with Crippen molar-refractivity contribution in [2.24, 2.45) is 0 Å². The fourth-order valence-electron chi connectivity index (χ4n) is 2.79. The maximum atomic E-state index is 6.59. The molecule has 0 aliphatic carbocycles. The molecule has 0 aromatic heterocycles. The monoisotopic (exact) mass is 368 g/mol. The lowest BCUT2D eigenvalue weighted by Gasteiger charge is -2.24. The zero-order valence-electron chi connectivity index (χ0n) is 15.3. The van der Waals surface area contributed by atoms with E-state index < -0.39 is 0 Å². The molecule has 0 amide bonds.